The van der Waals surface area contributed by atoms with Crippen LogP contribution in [0.5, 0.6) is 0 Å². The molecule has 0 saturated carbocycles. The second kappa shape index (κ2) is 9.12. The lowest BCUT2D eigenvalue weighted by molar-refractivity contribution is -0.121. The van der Waals surface area contributed by atoms with Crippen LogP contribution in [0.3, 0.4) is 0 Å². The first-order valence-corrected chi connectivity index (χ1v) is 6.53. The molecule has 1 rings (SSSR count). The summed E-state index contributed by atoms with van der Waals surface area (Å²) in [5.74, 6) is 0.0938. The van der Waals surface area contributed by atoms with Crippen LogP contribution in [0.15, 0.2) is 0 Å². The van der Waals surface area contributed by atoms with Gasteiger partial charge < -0.3 is 11.1 Å². The van der Waals surface area contributed by atoms with Gasteiger partial charge in [-0.25, -0.2) is 4.79 Å². The number of rotatable bonds is 4. The van der Waals surface area contributed by atoms with Gasteiger partial charge in [-0.3, -0.25) is 15.0 Å². The van der Waals surface area contributed by atoms with Crippen molar-refractivity contribution in [1.29, 1.82) is 0 Å². The molecule has 1 atom stereocenters. The van der Waals surface area contributed by atoms with Crippen molar-refractivity contribution in [2.24, 2.45) is 11.7 Å². The van der Waals surface area contributed by atoms with E-state index in [-0.39, 0.29) is 30.9 Å². The van der Waals surface area contributed by atoms with Crippen molar-refractivity contribution in [2.45, 2.75) is 32.7 Å². The molecule has 1 fully saturated rings. The molecule has 0 aromatic heterocycles. The molecule has 1 aliphatic rings. The van der Waals surface area contributed by atoms with Gasteiger partial charge in [-0.15, -0.1) is 12.4 Å². The lowest BCUT2D eigenvalue weighted by atomic mass is 10.1. The van der Waals surface area contributed by atoms with Crippen LogP contribution < -0.4 is 16.4 Å². The van der Waals surface area contributed by atoms with Crippen LogP contribution in [-0.4, -0.2) is 49.1 Å². The van der Waals surface area contributed by atoms with Gasteiger partial charge >= 0.3 is 6.03 Å². The SMILES string of the molecule is CC(C)CNC(=O)NC(=O)CN1CCC[C@@H](N)C1.Cl. The average molecular weight is 293 g/mol. The van der Waals surface area contributed by atoms with Gasteiger partial charge in [-0.05, 0) is 25.3 Å². The first kappa shape index (κ1) is 18.1. The summed E-state index contributed by atoms with van der Waals surface area (Å²) in [5.41, 5.74) is 5.83. The number of likely N-dealkylation sites (tertiary alicyclic amines) is 1. The second-order valence-electron chi connectivity index (χ2n) is 5.29. The molecule has 3 amide bonds. The van der Waals surface area contributed by atoms with Crippen molar-refractivity contribution in [3.63, 3.8) is 0 Å². The van der Waals surface area contributed by atoms with E-state index >= 15 is 0 Å². The third kappa shape index (κ3) is 8.02. The van der Waals surface area contributed by atoms with Crippen molar-refractivity contribution in [2.75, 3.05) is 26.2 Å². The Kier molecular flexibility index (Phi) is 8.71. The summed E-state index contributed by atoms with van der Waals surface area (Å²) in [6.07, 6.45) is 2.01. The minimum absolute atomic E-state index is 0. The topological polar surface area (TPSA) is 87.5 Å². The summed E-state index contributed by atoms with van der Waals surface area (Å²) in [7, 11) is 0. The smallest absolute Gasteiger partial charge is 0.321 e. The summed E-state index contributed by atoms with van der Waals surface area (Å²) in [4.78, 5) is 25.0. The largest absolute Gasteiger partial charge is 0.338 e. The van der Waals surface area contributed by atoms with E-state index in [4.69, 9.17) is 5.73 Å². The molecule has 0 radical (unpaired) electrons. The summed E-state index contributed by atoms with van der Waals surface area (Å²) < 4.78 is 0. The molecule has 0 bridgehead atoms. The van der Waals surface area contributed by atoms with Gasteiger partial charge in [-0.1, -0.05) is 13.8 Å². The third-order valence-corrected chi connectivity index (χ3v) is 2.83. The van der Waals surface area contributed by atoms with Gasteiger partial charge in [0.2, 0.25) is 5.91 Å². The fourth-order valence-corrected chi connectivity index (χ4v) is 1.95. The molecule has 4 N–H and O–H groups in total. The van der Waals surface area contributed by atoms with E-state index in [1.54, 1.807) is 0 Å². The van der Waals surface area contributed by atoms with Crippen LogP contribution in [0.4, 0.5) is 4.79 Å². The summed E-state index contributed by atoms with van der Waals surface area (Å²) in [5, 5.41) is 4.97. The Balaban J connectivity index is 0.00000324. The predicted molar refractivity (Wildman–Crippen MR) is 77.3 cm³/mol. The van der Waals surface area contributed by atoms with E-state index in [0.717, 1.165) is 25.9 Å². The monoisotopic (exact) mass is 292 g/mol. The highest BCUT2D eigenvalue weighted by Gasteiger charge is 2.19. The van der Waals surface area contributed by atoms with E-state index < -0.39 is 6.03 Å². The van der Waals surface area contributed by atoms with E-state index in [1.165, 1.54) is 0 Å². The minimum atomic E-state index is -0.421. The van der Waals surface area contributed by atoms with Crippen LogP contribution in [0, 0.1) is 5.92 Å². The minimum Gasteiger partial charge on any atom is -0.338 e. The Hall–Kier alpha value is -0.850. The van der Waals surface area contributed by atoms with Gasteiger partial charge in [0, 0.05) is 19.1 Å². The Morgan fingerprint density at radius 1 is 1.42 bits per heavy atom. The van der Waals surface area contributed by atoms with Crippen LogP contribution in [0.2, 0.25) is 0 Å². The zero-order chi connectivity index (χ0) is 13.5. The number of carbonyl (C=O) groups excluding carboxylic acids is 2. The van der Waals surface area contributed by atoms with Crippen molar-refractivity contribution in [3.05, 3.63) is 0 Å². The predicted octanol–water partition coefficient (Wildman–Crippen LogP) is 0.313. The third-order valence-electron chi connectivity index (χ3n) is 2.83. The molecule has 0 aromatic carbocycles. The lowest BCUT2D eigenvalue weighted by Crippen LogP contribution is -2.49. The van der Waals surface area contributed by atoms with E-state index in [0.29, 0.717) is 12.5 Å². The summed E-state index contributed by atoms with van der Waals surface area (Å²) >= 11 is 0. The van der Waals surface area contributed by atoms with Gasteiger partial charge in [-0.2, -0.15) is 0 Å². The molecular formula is C12H25ClN4O2. The zero-order valence-corrected chi connectivity index (χ0v) is 12.5. The normalized spacial score (nSPS) is 19.7. The molecule has 112 valence electrons. The molecule has 0 unspecified atom stereocenters. The van der Waals surface area contributed by atoms with Crippen molar-refractivity contribution in [3.8, 4) is 0 Å². The van der Waals surface area contributed by atoms with Crippen molar-refractivity contribution < 1.29 is 9.59 Å². The number of halogens is 1. The average Bonchev–Trinajstić information content (AvgIpc) is 2.26. The number of urea groups is 1. The van der Waals surface area contributed by atoms with Crippen LogP contribution in [0.1, 0.15) is 26.7 Å². The highest BCUT2D eigenvalue weighted by atomic mass is 35.5. The molecule has 1 heterocycles. The molecular weight excluding hydrogens is 268 g/mol. The van der Waals surface area contributed by atoms with Crippen LogP contribution >= 0.6 is 12.4 Å². The molecule has 19 heavy (non-hydrogen) atoms. The van der Waals surface area contributed by atoms with E-state index in [9.17, 15) is 9.59 Å². The molecule has 0 aromatic rings. The van der Waals surface area contributed by atoms with Crippen LogP contribution in [0.25, 0.3) is 0 Å². The Bertz CT molecular complexity index is 299. The molecule has 7 heteroatoms. The number of hydrogen-bond donors (Lipinski definition) is 3. The number of imide groups is 1. The number of nitrogens with two attached hydrogens (primary N) is 1. The number of hydrogen-bond acceptors (Lipinski definition) is 4. The highest BCUT2D eigenvalue weighted by molar-refractivity contribution is 5.95. The number of amides is 3. The fraction of sp³-hybridized carbons (Fsp3) is 0.833. The van der Waals surface area contributed by atoms with Gasteiger partial charge in [0.15, 0.2) is 0 Å². The second-order valence-corrected chi connectivity index (χ2v) is 5.29. The lowest BCUT2D eigenvalue weighted by Gasteiger charge is -2.29. The number of piperidine rings is 1. The summed E-state index contributed by atoms with van der Waals surface area (Å²) in [6.45, 7) is 6.39. The highest BCUT2D eigenvalue weighted by Crippen LogP contribution is 2.07. The molecule has 0 aliphatic carbocycles. The van der Waals surface area contributed by atoms with Crippen molar-refractivity contribution >= 4 is 24.3 Å². The standard InChI is InChI=1S/C12H24N4O2.ClH/c1-9(2)6-14-12(18)15-11(17)8-16-5-3-4-10(13)7-16;/h9-10H,3-8,13H2,1-2H3,(H2,14,15,17,18);1H/t10-;/m1./s1. The van der Waals surface area contributed by atoms with Gasteiger partial charge in [0.05, 0.1) is 6.54 Å². The zero-order valence-electron chi connectivity index (χ0n) is 11.6. The van der Waals surface area contributed by atoms with Gasteiger partial charge in [0.1, 0.15) is 0 Å². The fourth-order valence-electron chi connectivity index (χ4n) is 1.95. The number of nitrogens with zero attached hydrogens (tertiary/aromatic N) is 1. The maximum Gasteiger partial charge on any atom is 0.321 e. The maximum absolute atomic E-state index is 11.6. The molecule has 0 spiro atoms. The number of nitrogens with one attached hydrogen (secondary N) is 2. The first-order chi connectivity index (χ1) is 8.47. The Morgan fingerprint density at radius 2 is 2.11 bits per heavy atom. The summed E-state index contributed by atoms with van der Waals surface area (Å²) in [6, 6.07) is -0.281. The maximum atomic E-state index is 11.6. The van der Waals surface area contributed by atoms with E-state index in [2.05, 4.69) is 10.6 Å². The van der Waals surface area contributed by atoms with Crippen LogP contribution in [-0.2, 0) is 4.79 Å². The Morgan fingerprint density at radius 3 is 2.68 bits per heavy atom. The molecule has 6 nitrogen and oxygen atoms in total. The molecule has 1 aliphatic heterocycles. The first-order valence-electron chi connectivity index (χ1n) is 6.53. The number of carbonyl (C=O) groups is 2. The van der Waals surface area contributed by atoms with Crippen molar-refractivity contribution in [1.82, 2.24) is 15.5 Å². The molecule has 1 saturated heterocycles. The Labute approximate surface area is 120 Å². The van der Waals surface area contributed by atoms with E-state index in [1.807, 2.05) is 18.7 Å². The quantitative estimate of drug-likeness (QED) is 0.696. The van der Waals surface area contributed by atoms with Gasteiger partial charge in [0.25, 0.3) is 0 Å².